The standard InChI is InChI=1S/C18H15F2N3O3/c1-10-4-3-5-11(6-10)17-22-16(26-23-17)9-21-15-7-12(18(24)25-2)13(19)8-14(15)20/h3-8,21H,9H2,1-2H3. The largest absolute Gasteiger partial charge is 0.465 e. The van der Waals surface area contributed by atoms with Crippen LogP contribution in [0.3, 0.4) is 0 Å². The molecule has 26 heavy (non-hydrogen) atoms. The summed E-state index contributed by atoms with van der Waals surface area (Å²) in [5.41, 5.74) is 1.39. The minimum absolute atomic E-state index is 0.00196. The predicted molar refractivity (Wildman–Crippen MR) is 89.5 cm³/mol. The first kappa shape index (κ1) is 17.5. The van der Waals surface area contributed by atoms with Crippen LogP contribution in [-0.4, -0.2) is 23.2 Å². The summed E-state index contributed by atoms with van der Waals surface area (Å²) in [7, 11) is 1.11. The summed E-state index contributed by atoms with van der Waals surface area (Å²) in [6.07, 6.45) is 0. The smallest absolute Gasteiger partial charge is 0.340 e. The van der Waals surface area contributed by atoms with Gasteiger partial charge in [0.15, 0.2) is 0 Å². The molecule has 3 aromatic rings. The van der Waals surface area contributed by atoms with E-state index in [4.69, 9.17) is 4.52 Å². The number of carbonyl (C=O) groups is 1. The van der Waals surface area contributed by atoms with E-state index in [1.807, 2.05) is 31.2 Å². The van der Waals surface area contributed by atoms with Crippen LogP contribution < -0.4 is 5.32 Å². The van der Waals surface area contributed by atoms with Crippen LogP contribution in [0.1, 0.15) is 21.8 Å². The average molecular weight is 359 g/mol. The monoisotopic (exact) mass is 359 g/mol. The first-order chi connectivity index (χ1) is 12.5. The molecule has 1 N–H and O–H groups in total. The number of benzene rings is 2. The van der Waals surface area contributed by atoms with Crippen LogP contribution in [0.15, 0.2) is 40.9 Å². The zero-order valence-electron chi connectivity index (χ0n) is 14.0. The maximum Gasteiger partial charge on any atom is 0.340 e. The van der Waals surface area contributed by atoms with Crippen molar-refractivity contribution in [2.24, 2.45) is 0 Å². The summed E-state index contributed by atoms with van der Waals surface area (Å²) >= 11 is 0. The maximum absolute atomic E-state index is 13.9. The fourth-order valence-corrected chi connectivity index (χ4v) is 2.35. The first-order valence-corrected chi connectivity index (χ1v) is 7.69. The molecule has 1 heterocycles. The van der Waals surface area contributed by atoms with Crippen molar-refractivity contribution in [2.45, 2.75) is 13.5 Å². The van der Waals surface area contributed by atoms with Crippen LogP contribution in [0.5, 0.6) is 0 Å². The van der Waals surface area contributed by atoms with Crippen molar-refractivity contribution in [2.75, 3.05) is 12.4 Å². The van der Waals surface area contributed by atoms with Gasteiger partial charge in [0.05, 0.1) is 24.9 Å². The molecular formula is C18H15F2N3O3. The Balaban J connectivity index is 1.76. The summed E-state index contributed by atoms with van der Waals surface area (Å²) in [5, 5.41) is 6.59. The highest BCUT2D eigenvalue weighted by Gasteiger charge is 2.17. The number of carbonyl (C=O) groups excluding carboxylic acids is 1. The third-order valence-corrected chi connectivity index (χ3v) is 3.64. The number of aryl methyl sites for hydroxylation is 1. The summed E-state index contributed by atoms with van der Waals surface area (Å²) in [6.45, 7) is 1.95. The molecule has 6 nitrogen and oxygen atoms in total. The SMILES string of the molecule is COC(=O)c1cc(NCc2nc(-c3cccc(C)c3)no2)c(F)cc1F. The van der Waals surface area contributed by atoms with Crippen molar-refractivity contribution in [3.8, 4) is 11.4 Å². The van der Waals surface area contributed by atoms with E-state index in [1.54, 1.807) is 0 Å². The Morgan fingerprint density at radius 1 is 1.23 bits per heavy atom. The summed E-state index contributed by atoms with van der Waals surface area (Å²) < 4.78 is 37.1. The summed E-state index contributed by atoms with van der Waals surface area (Å²) in [6, 6.07) is 9.22. The number of nitrogens with one attached hydrogen (secondary N) is 1. The van der Waals surface area contributed by atoms with Gasteiger partial charge in [-0.15, -0.1) is 0 Å². The molecule has 134 valence electrons. The average Bonchev–Trinajstić information content (AvgIpc) is 3.09. The molecule has 8 heteroatoms. The Morgan fingerprint density at radius 2 is 2.04 bits per heavy atom. The van der Waals surface area contributed by atoms with Crippen molar-refractivity contribution < 1.29 is 22.8 Å². The molecular weight excluding hydrogens is 344 g/mol. The van der Waals surface area contributed by atoms with E-state index in [1.165, 1.54) is 0 Å². The molecule has 1 aromatic heterocycles. The fourth-order valence-electron chi connectivity index (χ4n) is 2.35. The van der Waals surface area contributed by atoms with E-state index >= 15 is 0 Å². The van der Waals surface area contributed by atoms with Crippen molar-refractivity contribution >= 4 is 11.7 Å². The molecule has 0 spiro atoms. The zero-order chi connectivity index (χ0) is 18.7. The lowest BCUT2D eigenvalue weighted by atomic mass is 10.1. The fraction of sp³-hybridized carbons (Fsp3) is 0.167. The van der Waals surface area contributed by atoms with Gasteiger partial charge in [0.2, 0.25) is 11.7 Å². The minimum atomic E-state index is -1.00. The molecule has 0 radical (unpaired) electrons. The highest BCUT2D eigenvalue weighted by molar-refractivity contribution is 5.90. The molecule has 0 aliphatic rings. The molecule has 0 aliphatic heterocycles. The number of hydrogen-bond donors (Lipinski definition) is 1. The van der Waals surface area contributed by atoms with Crippen LogP contribution in [0, 0.1) is 18.6 Å². The molecule has 0 amide bonds. The molecule has 0 fully saturated rings. The third kappa shape index (κ3) is 3.69. The van der Waals surface area contributed by atoms with Crippen LogP contribution in [0.25, 0.3) is 11.4 Å². The summed E-state index contributed by atoms with van der Waals surface area (Å²) in [4.78, 5) is 15.7. The molecule has 0 atom stereocenters. The van der Waals surface area contributed by atoms with E-state index in [0.717, 1.165) is 24.3 Å². The van der Waals surface area contributed by atoms with Gasteiger partial charge < -0.3 is 14.6 Å². The number of esters is 1. The van der Waals surface area contributed by atoms with Crippen LogP contribution in [0.2, 0.25) is 0 Å². The lowest BCUT2D eigenvalue weighted by Gasteiger charge is -2.08. The van der Waals surface area contributed by atoms with Gasteiger partial charge in [0, 0.05) is 11.6 Å². The Hall–Kier alpha value is -3.29. The van der Waals surface area contributed by atoms with Crippen molar-refractivity contribution in [3.05, 3.63) is 65.1 Å². The quantitative estimate of drug-likeness (QED) is 0.700. The number of ether oxygens (including phenoxy) is 1. The number of methoxy groups -OCH3 is 1. The minimum Gasteiger partial charge on any atom is -0.465 e. The zero-order valence-corrected chi connectivity index (χ0v) is 14.0. The van der Waals surface area contributed by atoms with Gasteiger partial charge in [-0.3, -0.25) is 0 Å². The van der Waals surface area contributed by atoms with Crippen LogP contribution in [-0.2, 0) is 11.3 Å². The van der Waals surface area contributed by atoms with Gasteiger partial charge in [0.25, 0.3) is 0 Å². The second-order valence-electron chi connectivity index (χ2n) is 5.54. The van der Waals surface area contributed by atoms with E-state index in [9.17, 15) is 13.6 Å². The van der Waals surface area contributed by atoms with Crippen molar-refractivity contribution in [1.29, 1.82) is 0 Å². The van der Waals surface area contributed by atoms with Gasteiger partial charge in [0.1, 0.15) is 11.6 Å². The van der Waals surface area contributed by atoms with Gasteiger partial charge >= 0.3 is 5.97 Å². The Bertz CT molecular complexity index is 957. The van der Waals surface area contributed by atoms with E-state index in [0.29, 0.717) is 11.9 Å². The second-order valence-corrected chi connectivity index (χ2v) is 5.54. The Labute approximate surface area is 147 Å². The van der Waals surface area contributed by atoms with Gasteiger partial charge in [-0.2, -0.15) is 4.98 Å². The molecule has 2 aromatic carbocycles. The number of halogens is 2. The Kier molecular flexibility index (Phi) is 4.92. The van der Waals surface area contributed by atoms with E-state index < -0.39 is 17.6 Å². The van der Waals surface area contributed by atoms with Gasteiger partial charge in [-0.05, 0) is 19.1 Å². The first-order valence-electron chi connectivity index (χ1n) is 7.69. The number of hydrogen-bond acceptors (Lipinski definition) is 6. The molecule has 0 saturated heterocycles. The molecule has 0 aliphatic carbocycles. The highest BCUT2D eigenvalue weighted by Crippen LogP contribution is 2.22. The topological polar surface area (TPSA) is 77.2 Å². The third-order valence-electron chi connectivity index (χ3n) is 3.64. The lowest BCUT2D eigenvalue weighted by molar-refractivity contribution is 0.0595. The lowest BCUT2D eigenvalue weighted by Crippen LogP contribution is -2.08. The molecule has 0 bridgehead atoms. The number of aromatic nitrogens is 2. The number of rotatable bonds is 5. The summed E-state index contributed by atoms with van der Waals surface area (Å²) in [5.74, 6) is -2.14. The van der Waals surface area contributed by atoms with Gasteiger partial charge in [-0.25, -0.2) is 13.6 Å². The van der Waals surface area contributed by atoms with E-state index in [-0.39, 0.29) is 23.7 Å². The van der Waals surface area contributed by atoms with Gasteiger partial charge in [-0.1, -0.05) is 28.9 Å². The number of nitrogens with zero attached hydrogens (tertiary/aromatic N) is 2. The van der Waals surface area contributed by atoms with Crippen molar-refractivity contribution in [1.82, 2.24) is 10.1 Å². The Morgan fingerprint density at radius 3 is 2.77 bits per heavy atom. The molecule has 0 saturated carbocycles. The van der Waals surface area contributed by atoms with Crippen LogP contribution in [0.4, 0.5) is 14.5 Å². The predicted octanol–water partition coefficient (Wildman–Crippen LogP) is 3.72. The highest BCUT2D eigenvalue weighted by atomic mass is 19.1. The second kappa shape index (κ2) is 7.30. The number of anilines is 1. The van der Waals surface area contributed by atoms with Crippen LogP contribution >= 0.6 is 0 Å². The molecule has 3 rings (SSSR count). The maximum atomic E-state index is 13.9. The normalized spacial score (nSPS) is 10.6. The molecule has 0 unspecified atom stereocenters. The van der Waals surface area contributed by atoms with Crippen molar-refractivity contribution in [3.63, 3.8) is 0 Å². The van der Waals surface area contributed by atoms with E-state index in [2.05, 4.69) is 20.2 Å².